The number of aromatic nitrogens is 3. The van der Waals surface area contributed by atoms with Gasteiger partial charge in [-0.3, -0.25) is 0 Å². The van der Waals surface area contributed by atoms with E-state index in [1.54, 1.807) is 17.3 Å². The summed E-state index contributed by atoms with van der Waals surface area (Å²) in [6, 6.07) is 8.78. The molecule has 4 nitrogen and oxygen atoms in total. The van der Waals surface area contributed by atoms with Gasteiger partial charge < -0.3 is 5.32 Å². The summed E-state index contributed by atoms with van der Waals surface area (Å²) in [5.41, 5.74) is 2.18. The molecule has 2 unspecified atom stereocenters. The first-order chi connectivity index (χ1) is 8.83. The van der Waals surface area contributed by atoms with Gasteiger partial charge in [-0.2, -0.15) is 16.9 Å². The molecule has 0 saturated carbocycles. The molecule has 1 fully saturated rings. The Kier molecular flexibility index (Phi) is 3.23. The zero-order valence-electron chi connectivity index (χ0n) is 10.3. The van der Waals surface area contributed by atoms with Crippen LogP contribution in [0, 0.1) is 0 Å². The zero-order chi connectivity index (χ0) is 12.4. The van der Waals surface area contributed by atoms with Gasteiger partial charge in [-0.15, -0.1) is 0 Å². The number of rotatable bonds is 3. The molecule has 0 bridgehead atoms. The molecule has 1 aromatic heterocycles. The van der Waals surface area contributed by atoms with Gasteiger partial charge >= 0.3 is 0 Å². The number of hydrogen-bond acceptors (Lipinski definition) is 4. The van der Waals surface area contributed by atoms with E-state index in [1.807, 2.05) is 23.9 Å². The topological polar surface area (TPSA) is 42.7 Å². The van der Waals surface area contributed by atoms with Gasteiger partial charge in [-0.1, -0.05) is 19.1 Å². The Bertz CT molecular complexity index is 511. The van der Waals surface area contributed by atoms with E-state index in [-0.39, 0.29) is 0 Å². The summed E-state index contributed by atoms with van der Waals surface area (Å²) < 4.78 is 1.80. The van der Waals surface area contributed by atoms with Crippen LogP contribution in [0.25, 0.3) is 5.69 Å². The third-order valence-electron chi connectivity index (χ3n) is 3.13. The van der Waals surface area contributed by atoms with E-state index < -0.39 is 0 Å². The average Bonchev–Trinajstić information content (AvgIpc) is 3.02. The molecular formula is C13H16N4S. The maximum absolute atomic E-state index is 4.20. The Hall–Kier alpha value is -1.49. The van der Waals surface area contributed by atoms with E-state index in [0.29, 0.717) is 6.04 Å². The van der Waals surface area contributed by atoms with Gasteiger partial charge in [-0.05, 0) is 18.6 Å². The van der Waals surface area contributed by atoms with Crippen LogP contribution in [-0.2, 0) is 0 Å². The number of nitrogens with one attached hydrogen (secondary N) is 1. The molecular weight excluding hydrogens is 244 g/mol. The fraction of sp³-hybridized carbons (Fsp3) is 0.385. The Morgan fingerprint density at radius 3 is 3.00 bits per heavy atom. The fourth-order valence-electron chi connectivity index (χ4n) is 2.27. The van der Waals surface area contributed by atoms with Crippen molar-refractivity contribution in [3.05, 3.63) is 36.9 Å². The van der Waals surface area contributed by atoms with Crippen molar-refractivity contribution in [2.24, 2.45) is 0 Å². The highest BCUT2D eigenvalue weighted by atomic mass is 32.2. The first-order valence-electron chi connectivity index (χ1n) is 6.15. The number of thioether (sulfide) groups is 1. The van der Waals surface area contributed by atoms with Crippen molar-refractivity contribution in [1.29, 1.82) is 0 Å². The molecule has 1 N–H and O–H groups in total. The van der Waals surface area contributed by atoms with Crippen LogP contribution in [0.5, 0.6) is 0 Å². The van der Waals surface area contributed by atoms with E-state index >= 15 is 0 Å². The Balaban J connectivity index is 1.84. The first-order valence-corrected chi connectivity index (χ1v) is 7.20. The smallest absolute Gasteiger partial charge is 0.138 e. The SMILES string of the molecule is CC1CC(Nc2ccccc2-n2cncn2)CS1. The molecule has 1 aliphatic rings. The van der Waals surface area contributed by atoms with E-state index in [4.69, 9.17) is 0 Å². The second-order valence-electron chi connectivity index (χ2n) is 4.58. The normalized spacial score (nSPS) is 23.2. The molecule has 2 atom stereocenters. The van der Waals surface area contributed by atoms with Crippen molar-refractivity contribution >= 4 is 17.4 Å². The van der Waals surface area contributed by atoms with Gasteiger partial charge in [-0.25, -0.2) is 9.67 Å². The van der Waals surface area contributed by atoms with Crippen LogP contribution >= 0.6 is 11.8 Å². The third-order valence-corrected chi connectivity index (χ3v) is 4.48. The summed E-state index contributed by atoms with van der Waals surface area (Å²) in [7, 11) is 0. The van der Waals surface area contributed by atoms with Crippen molar-refractivity contribution < 1.29 is 0 Å². The van der Waals surface area contributed by atoms with E-state index in [1.165, 1.54) is 12.2 Å². The van der Waals surface area contributed by atoms with Crippen molar-refractivity contribution in [2.75, 3.05) is 11.1 Å². The lowest BCUT2D eigenvalue weighted by atomic mass is 10.1. The van der Waals surface area contributed by atoms with Crippen molar-refractivity contribution in [3.8, 4) is 5.69 Å². The molecule has 0 amide bonds. The molecule has 5 heteroatoms. The molecule has 0 radical (unpaired) electrons. The molecule has 0 aliphatic carbocycles. The van der Waals surface area contributed by atoms with Gasteiger partial charge in [0.1, 0.15) is 12.7 Å². The second kappa shape index (κ2) is 5.02. The maximum atomic E-state index is 4.20. The van der Waals surface area contributed by atoms with Gasteiger partial charge in [0.15, 0.2) is 0 Å². The summed E-state index contributed by atoms with van der Waals surface area (Å²) in [6.07, 6.45) is 4.51. The second-order valence-corrected chi connectivity index (χ2v) is 6.05. The van der Waals surface area contributed by atoms with Crippen LogP contribution in [0.3, 0.4) is 0 Å². The van der Waals surface area contributed by atoms with Crippen LogP contribution in [0.1, 0.15) is 13.3 Å². The van der Waals surface area contributed by atoms with Crippen molar-refractivity contribution in [3.63, 3.8) is 0 Å². The highest BCUT2D eigenvalue weighted by molar-refractivity contribution is 8.00. The molecule has 1 saturated heterocycles. The number of anilines is 1. The van der Waals surface area contributed by atoms with E-state index in [9.17, 15) is 0 Å². The van der Waals surface area contributed by atoms with Gasteiger partial charge in [0.25, 0.3) is 0 Å². The minimum absolute atomic E-state index is 0.551. The monoisotopic (exact) mass is 260 g/mol. The molecule has 3 rings (SSSR count). The lowest BCUT2D eigenvalue weighted by Crippen LogP contribution is -2.20. The molecule has 0 spiro atoms. The quantitative estimate of drug-likeness (QED) is 0.921. The van der Waals surface area contributed by atoms with Crippen molar-refractivity contribution in [2.45, 2.75) is 24.6 Å². The molecule has 2 heterocycles. The molecule has 2 aromatic rings. The van der Waals surface area contributed by atoms with E-state index in [2.05, 4.69) is 34.5 Å². The summed E-state index contributed by atoms with van der Waals surface area (Å²) in [5, 5.41) is 8.57. The molecule has 1 aliphatic heterocycles. The van der Waals surface area contributed by atoms with Crippen molar-refractivity contribution in [1.82, 2.24) is 14.8 Å². The Labute approximate surface area is 111 Å². The van der Waals surface area contributed by atoms with Crippen LogP contribution in [-0.4, -0.2) is 31.8 Å². The van der Waals surface area contributed by atoms with Gasteiger partial charge in [0.05, 0.1) is 11.4 Å². The van der Waals surface area contributed by atoms with Gasteiger partial charge in [0, 0.05) is 17.0 Å². The predicted molar refractivity (Wildman–Crippen MR) is 75.3 cm³/mol. The standard InChI is InChI=1S/C13H16N4S/c1-10-6-11(7-18-10)16-12-4-2-3-5-13(12)17-9-14-8-15-17/h2-5,8-11,16H,6-7H2,1H3. The van der Waals surface area contributed by atoms with Crippen LogP contribution < -0.4 is 5.32 Å². The Morgan fingerprint density at radius 2 is 2.28 bits per heavy atom. The molecule has 94 valence electrons. The largest absolute Gasteiger partial charge is 0.380 e. The highest BCUT2D eigenvalue weighted by Crippen LogP contribution is 2.29. The highest BCUT2D eigenvalue weighted by Gasteiger charge is 2.22. The third kappa shape index (κ3) is 2.36. The molecule has 18 heavy (non-hydrogen) atoms. The zero-order valence-corrected chi connectivity index (χ0v) is 11.1. The number of benzene rings is 1. The number of hydrogen-bond donors (Lipinski definition) is 1. The summed E-state index contributed by atoms with van der Waals surface area (Å²) in [4.78, 5) is 4.00. The maximum Gasteiger partial charge on any atom is 0.138 e. The summed E-state index contributed by atoms with van der Waals surface area (Å²) in [6.45, 7) is 2.29. The lowest BCUT2D eigenvalue weighted by Gasteiger charge is -2.16. The Morgan fingerprint density at radius 1 is 1.39 bits per heavy atom. The van der Waals surface area contributed by atoms with Crippen LogP contribution in [0.15, 0.2) is 36.9 Å². The van der Waals surface area contributed by atoms with Crippen LogP contribution in [0.2, 0.25) is 0 Å². The predicted octanol–water partition coefficient (Wildman–Crippen LogP) is 2.57. The van der Waals surface area contributed by atoms with Crippen LogP contribution in [0.4, 0.5) is 5.69 Å². The first kappa shape index (κ1) is 11.6. The fourth-order valence-corrected chi connectivity index (χ4v) is 3.41. The molecule has 1 aromatic carbocycles. The minimum atomic E-state index is 0.551. The van der Waals surface area contributed by atoms with E-state index in [0.717, 1.165) is 16.6 Å². The number of para-hydroxylation sites is 2. The van der Waals surface area contributed by atoms with Gasteiger partial charge in [0.2, 0.25) is 0 Å². The number of nitrogens with zero attached hydrogens (tertiary/aromatic N) is 3. The lowest BCUT2D eigenvalue weighted by molar-refractivity contribution is 0.744. The average molecular weight is 260 g/mol. The summed E-state index contributed by atoms with van der Waals surface area (Å²) >= 11 is 2.03. The minimum Gasteiger partial charge on any atom is -0.380 e. The summed E-state index contributed by atoms with van der Waals surface area (Å²) in [5.74, 6) is 1.17.